The van der Waals surface area contributed by atoms with E-state index in [2.05, 4.69) is 5.32 Å². The average Bonchev–Trinajstić information content (AvgIpc) is 3.38. The highest BCUT2D eigenvalue weighted by molar-refractivity contribution is 6.32. The van der Waals surface area contributed by atoms with Gasteiger partial charge in [0.2, 0.25) is 6.10 Å². The SMILES string of the molecule is C[C@H]1C[C@H]1C(=O)O[C@H](C(=O)Nc1ccc(Cl)c([N+](=O)[O-])c1)c1ccccc1. The topological polar surface area (TPSA) is 98.5 Å². The summed E-state index contributed by atoms with van der Waals surface area (Å²) in [5.74, 6) is -0.968. The number of rotatable bonds is 6. The molecule has 3 rings (SSSR count). The van der Waals surface area contributed by atoms with Gasteiger partial charge in [-0.05, 0) is 24.5 Å². The van der Waals surface area contributed by atoms with Gasteiger partial charge < -0.3 is 10.1 Å². The second-order valence-electron chi connectivity index (χ2n) is 6.46. The van der Waals surface area contributed by atoms with Gasteiger partial charge in [-0.1, -0.05) is 48.9 Å². The molecule has 1 amide bonds. The first-order valence-corrected chi connectivity index (χ1v) is 8.75. The monoisotopic (exact) mass is 388 g/mol. The number of nitrogens with zero attached hydrogens (tertiary/aromatic N) is 1. The molecule has 140 valence electrons. The van der Waals surface area contributed by atoms with Crippen LogP contribution in [0.2, 0.25) is 5.02 Å². The normalized spacial score (nSPS) is 19.0. The number of hydrogen-bond donors (Lipinski definition) is 1. The zero-order chi connectivity index (χ0) is 19.6. The van der Waals surface area contributed by atoms with Gasteiger partial charge in [-0.15, -0.1) is 0 Å². The minimum Gasteiger partial charge on any atom is -0.447 e. The Labute approximate surface area is 160 Å². The molecule has 0 unspecified atom stereocenters. The molecule has 1 fully saturated rings. The number of nitro groups is 1. The van der Waals surface area contributed by atoms with E-state index in [1.54, 1.807) is 30.3 Å². The van der Waals surface area contributed by atoms with Crippen molar-refractivity contribution >= 4 is 34.9 Å². The van der Waals surface area contributed by atoms with Gasteiger partial charge in [0.05, 0.1) is 10.8 Å². The van der Waals surface area contributed by atoms with Crippen molar-refractivity contribution in [3.63, 3.8) is 0 Å². The van der Waals surface area contributed by atoms with E-state index >= 15 is 0 Å². The average molecular weight is 389 g/mol. The zero-order valence-corrected chi connectivity index (χ0v) is 15.2. The van der Waals surface area contributed by atoms with Crippen LogP contribution in [0.3, 0.4) is 0 Å². The maximum Gasteiger partial charge on any atom is 0.310 e. The number of halogens is 1. The number of nitro benzene ring substituents is 1. The van der Waals surface area contributed by atoms with Gasteiger partial charge >= 0.3 is 5.97 Å². The van der Waals surface area contributed by atoms with Crippen LogP contribution >= 0.6 is 11.6 Å². The summed E-state index contributed by atoms with van der Waals surface area (Å²) in [6, 6.07) is 12.5. The zero-order valence-electron chi connectivity index (χ0n) is 14.4. The summed E-state index contributed by atoms with van der Waals surface area (Å²) in [6.45, 7) is 1.94. The predicted molar refractivity (Wildman–Crippen MR) is 99.3 cm³/mol. The summed E-state index contributed by atoms with van der Waals surface area (Å²) in [7, 11) is 0. The van der Waals surface area contributed by atoms with Gasteiger partial charge in [0.15, 0.2) is 0 Å². The van der Waals surface area contributed by atoms with E-state index < -0.39 is 22.9 Å². The van der Waals surface area contributed by atoms with Crippen LogP contribution in [0.5, 0.6) is 0 Å². The Balaban J connectivity index is 1.81. The molecule has 8 heteroatoms. The van der Waals surface area contributed by atoms with Gasteiger partial charge in [0.1, 0.15) is 5.02 Å². The summed E-state index contributed by atoms with van der Waals surface area (Å²) >= 11 is 5.79. The lowest BCUT2D eigenvalue weighted by Crippen LogP contribution is -2.26. The van der Waals surface area contributed by atoms with E-state index in [1.807, 2.05) is 6.92 Å². The van der Waals surface area contributed by atoms with Crippen LogP contribution in [0.4, 0.5) is 11.4 Å². The highest BCUT2D eigenvalue weighted by Gasteiger charge is 2.42. The van der Waals surface area contributed by atoms with Gasteiger partial charge in [-0.2, -0.15) is 0 Å². The molecule has 0 aromatic heterocycles. The maximum absolute atomic E-state index is 12.7. The molecule has 0 radical (unpaired) electrons. The lowest BCUT2D eigenvalue weighted by Gasteiger charge is -2.18. The molecule has 0 bridgehead atoms. The standard InChI is InChI=1S/C19H17ClN2O5/c1-11-9-14(11)19(24)27-17(12-5-3-2-4-6-12)18(23)21-13-7-8-15(20)16(10-13)22(25)26/h2-8,10-11,14,17H,9H2,1H3,(H,21,23)/t11-,14+,17-/m0/s1. The number of ether oxygens (including phenoxy) is 1. The van der Waals surface area contributed by atoms with Crippen molar-refractivity contribution in [3.05, 3.63) is 69.2 Å². The molecule has 0 heterocycles. The number of benzene rings is 2. The smallest absolute Gasteiger partial charge is 0.310 e. The Bertz CT molecular complexity index is 887. The molecule has 2 aromatic carbocycles. The van der Waals surface area contributed by atoms with Crippen LogP contribution in [-0.2, 0) is 14.3 Å². The molecule has 7 nitrogen and oxygen atoms in total. The van der Waals surface area contributed by atoms with E-state index in [0.717, 1.165) is 12.5 Å². The van der Waals surface area contributed by atoms with Gasteiger partial charge in [0, 0.05) is 17.3 Å². The summed E-state index contributed by atoms with van der Waals surface area (Å²) in [5, 5.41) is 13.5. The molecule has 1 N–H and O–H groups in total. The third-order valence-corrected chi connectivity index (χ3v) is 4.72. The molecule has 3 atom stereocenters. The summed E-state index contributed by atoms with van der Waals surface area (Å²) in [6.07, 6.45) is -0.410. The lowest BCUT2D eigenvalue weighted by molar-refractivity contribution is -0.384. The molecule has 2 aromatic rings. The molecule has 1 aliphatic rings. The van der Waals surface area contributed by atoms with Crippen LogP contribution in [0.25, 0.3) is 0 Å². The van der Waals surface area contributed by atoms with Gasteiger partial charge in [0.25, 0.3) is 11.6 Å². The highest BCUT2D eigenvalue weighted by Crippen LogP contribution is 2.40. The van der Waals surface area contributed by atoms with Crippen LogP contribution in [0.1, 0.15) is 25.0 Å². The molecular weight excluding hydrogens is 372 g/mol. The summed E-state index contributed by atoms with van der Waals surface area (Å²) in [4.78, 5) is 35.4. The van der Waals surface area contributed by atoms with Crippen molar-refractivity contribution < 1.29 is 19.2 Å². The Kier molecular flexibility index (Phi) is 5.41. The third kappa shape index (κ3) is 4.43. The van der Waals surface area contributed by atoms with Crippen LogP contribution in [0.15, 0.2) is 48.5 Å². The number of carbonyl (C=O) groups is 2. The van der Waals surface area contributed by atoms with E-state index in [0.29, 0.717) is 5.56 Å². The molecule has 27 heavy (non-hydrogen) atoms. The van der Waals surface area contributed by atoms with E-state index in [4.69, 9.17) is 16.3 Å². The number of esters is 1. The number of carbonyl (C=O) groups excluding carboxylic acids is 2. The molecular formula is C19H17ClN2O5. The molecule has 1 aliphatic carbocycles. The van der Waals surface area contributed by atoms with Crippen molar-refractivity contribution in [2.45, 2.75) is 19.4 Å². The maximum atomic E-state index is 12.7. The first-order valence-electron chi connectivity index (χ1n) is 8.37. The Morgan fingerprint density at radius 1 is 1.26 bits per heavy atom. The first kappa shape index (κ1) is 18.8. The number of anilines is 1. The Morgan fingerprint density at radius 3 is 2.52 bits per heavy atom. The van der Waals surface area contributed by atoms with E-state index in [1.165, 1.54) is 12.1 Å². The van der Waals surface area contributed by atoms with Gasteiger partial charge in [-0.25, -0.2) is 0 Å². The number of hydrogen-bond acceptors (Lipinski definition) is 5. The molecule has 0 spiro atoms. The van der Waals surface area contributed by atoms with Crippen molar-refractivity contribution in [1.29, 1.82) is 0 Å². The van der Waals surface area contributed by atoms with Crippen LogP contribution < -0.4 is 5.32 Å². The third-order valence-electron chi connectivity index (χ3n) is 4.40. The molecule has 0 aliphatic heterocycles. The second-order valence-corrected chi connectivity index (χ2v) is 6.87. The van der Waals surface area contributed by atoms with Crippen LogP contribution in [-0.4, -0.2) is 16.8 Å². The quantitative estimate of drug-likeness (QED) is 0.455. The van der Waals surface area contributed by atoms with E-state index in [-0.39, 0.29) is 28.2 Å². The molecule has 1 saturated carbocycles. The first-order chi connectivity index (χ1) is 12.9. The predicted octanol–water partition coefficient (Wildman–Crippen LogP) is 4.13. The molecule has 0 saturated heterocycles. The fraction of sp³-hybridized carbons (Fsp3) is 0.263. The lowest BCUT2D eigenvalue weighted by atomic mass is 10.1. The minimum absolute atomic E-state index is 0.0354. The second kappa shape index (κ2) is 7.75. The Morgan fingerprint density at radius 2 is 1.93 bits per heavy atom. The Hall–Kier alpha value is -2.93. The minimum atomic E-state index is -1.15. The highest BCUT2D eigenvalue weighted by atomic mass is 35.5. The van der Waals surface area contributed by atoms with E-state index in [9.17, 15) is 19.7 Å². The number of nitrogens with one attached hydrogen (secondary N) is 1. The van der Waals surface area contributed by atoms with Crippen molar-refractivity contribution in [2.24, 2.45) is 11.8 Å². The summed E-state index contributed by atoms with van der Waals surface area (Å²) < 4.78 is 5.46. The fourth-order valence-electron chi connectivity index (χ4n) is 2.69. The van der Waals surface area contributed by atoms with Gasteiger partial charge in [-0.3, -0.25) is 19.7 Å². The largest absolute Gasteiger partial charge is 0.447 e. The van der Waals surface area contributed by atoms with Crippen molar-refractivity contribution in [1.82, 2.24) is 0 Å². The summed E-state index contributed by atoms with van der Waals surface area (Å²) in [5.41, 5.74) is 0.377. The van der Waals surface area contributed by atoms with Crippen LogP contribution in [0, 0.1) is 22.0 Å². The fourth-order valence-corrected chi connectivity index (χ4v) is 2.88. The van der Waals surface area contributed by atoms with Crippen molar-refractivity contribution in [2.75, 3.05) is 5.32 Å². The van der Waals surface area contributed by atoms with Crippen molar-refractivity contribution in [3.8, 4) is 0 Å². The number of amides is 1.